The van der Waals surface area contributed by atoms with E-state index in [1.807, 2.05) is 16.7 Å². The molecule has 0 atom stereocenters. The lowest BCUT2D eigenvalue weighted by atomic mass is 10.1. The molecule has 1 aromatic carbocycles. The van der Waals surface area contributed by atoms with E-state index in [0.717, 1.165) is 41.8 Å². The van der Waals surface area contributed by atoms with Gasteiger partial charge in [-0.1, -0.05) is 24.3 Å². The van der Waals surface area contributed by atoms with Crippen molar-refractivity contribution in [2.45, 2.75) is 38.0 Å². The third-order valence-corrected chi connectivity index (χ3v) is 7.23. The zero-order chi connectivity index (χ0) is 28.3. The van der Waals surface area contributed by atoms with E-state index in [9.17, 15) is 13.2 Å². The molecule has 0 bridgehead atoms. The van der Waals surface area contributed by atoms with Crippen molar-refractivity contribution in [3.8, 4) is 34.3 Å². The first-order valence-electron chi connectivity index (χ1n) is 12.9. The highest BCUT2D eigenvalue weighted by molar-refractivity contribution is 5.70. The minimum atomic E-state index is -4.51. The molecule has 5 heterocycles. The maximum absolute atomic E-state index is 13.2. The Morgan fingerprint density at radius 1 is 1.05 bits per heavy atom. The number of hydrogen-bond acceptors (Lipinski definition) is 9. The average molecular weight is 561 g/mol. The molecule has 0 amide bonds. The van der Waals surface area contributed by atoms with Gasteiger partial charge >= 0.3 is 6.18 Å². The first-order chi connectivity index (χ1) is 19.8. The van der Waals surface area contributed by atoms with Gasteiger partial charge in [0.05, 0.1) is 25.5 Å². The van der Waals surface area contributed by atoms with Gasteiger partial charge in [-0.05, 0) is 18.4 Å². The molecule has 14 heteroatoms. The van der Waals surface area contributed by atoms with E-state index in [1.165, 1.54) is 10.9 Å². The van der Waals surface area contributed by atoms with E-state index in [0.29, 0.717) is 47.7 Å². The van der Waals surface area contributed by atoms with E-state index < -0.39 is 11.9 Å². The van der Waals surface area contributed by atoms with Gasteiger partial charge in [-0.2, -0.15) is 13.2 Å². The zero-order valence-corrected chi connectivity index (χ0v) is 22.0. The number of benzene rings is 1. The summed E-state index contributed by atoms with van der Waals surface area (Å²) in [5, 5.41) is 8.33. The van der Waals surface area contributed by atoms with Crippen molar-refractivity contribution in [2.75, 3.05) is 12.0 Å². The van der Waals surface area contributed by atoms with Crippen LogP contribution in [0.5, 0.6) is 5.88 Å². The Bertz CT molecular complexity index is 1760. The number of hydrogen-bond donors (Lipinski definition) is 0. The van der Waals surface area contributed by atoms with E-state index in [4.69, 9.17) is 9.72 Å². The molecule has 1 saturated carbocycles. The molecule has 0 N–H and O–H groups in total. The number of imidazole rings is 1. The second-order valence-electron chi connectivity index (χ2n) is 10.0. The van der Waals surface area contributed by atoms with Gasteiger partial charge in [0, 0.05) is 31.3 Å². The lowest BCUT2D eigenvalue weighted by Gasteiger charge is -2.30. The molecule has 0 unspecified atom stereocenters. The van der Waals surface area contributed by atoms with Crippen molar-refractivity contribution in [3.05, 3.63) is 72.1 Å². The van der Waals surface area contributed by atoms with Crippen molar-refractivity contribution in [2.24, 2.45) is 7.05 Å². The largest absolute Gasteiger partial charge is 0.480 e. The number of anilines is 1. The summed E-state index contributed by atoms with van der Waals surface area (Å²) in [4.78, 5) is 24.3. The molecule has 7 rings (SSSR count). The van der Waals surface area contributed by atoms with Crippen LogP contribution in [-0.2, 0) is 26.3 Å². The van der Waals surface area contributed by atoms with Crippen molar-refractivity contribution in [1.29, 1.82) is 0 Å². The molecule has 11 nitrogen and oxygen atoms in total. The van der Waals surface area contributed by atoms with Crippen LogP contribution in [0.1, 0.15) is 41.5 Å². The Morgan fingerprint density at radius 3 is 2.56 bits per heavy atom. The molecule has 5 aromatic rings. The minimum absolute atomic E-state index is 0.239. The normalized spacial score (nSPS) is 14.6. The maximum Gasteiger partial charge on any atom is 0.434 e. The van der Waals surface area contributed by atoms with Crippen LogP contribution in [0.4, 0.5) is 19.0 Å². The maximum atomic E-state index is 13.2. The second-order valence-corrected chi connectivity index (χ2v) is 10.0. The van der Waals surface area contributed by atoms with Crippen LogP contribution in [0.3, 0.4) is 0 Å². The first kappa shape index (κ1) is 25.1. The summed E-state index contributed by atoms with van der Waals surface area (Å²) in [5.41, 5.74) is 2.88. The molecule has 0 saturated heterocycles. The summed E-state index contributed by atoms with van der Waals surface area (Å²) < 4.78 is 48.3. The molecule has 2 aliphatic rings. The predicted molar refractivity (Wildman–Crippen MR) is 140 cm³/mol. The summed E-state index contributed by atoms with van der Waals surface area (Å²) in [5.74, 6) is 2.87. The second kappa shape index (κ2) is 9.35. The van der Waals surface area contributed by atoms with E-state index >= 15 is 0 Å². The summed E-state index contributed by atoms with van der Waals surface area (Å²) >= 11 is 0. The van der Waals surface area contributed by atoms with E-state index in [2.05, 4.69) is 35.0 Å². The summed E-state index contributed by atoms with van der Waals surface area (Å²) in [7, 11) is 3.11. The van der Waals surface area contributed by atoms with Crippen LogP contribution in [0.25, 0.3) is 28.5 Å². The fourth-order valence-electron chi connectivity index (χ4n) is 5.10. The highest BCUT2D eigenvalue weighted by Crippen LogP contribution is 2.45. The van der Waals surface area contributed by atoms with Gasteiger partial charge < -0.3 is 14.2 Å². The van der Waals surface area contributed by atoms with Crippen LogP contribution < -0.4 is 9.64 Å². The van der Waals surface area contributed by atoms with E-state index in [-0.39, 0.29) is 5.82 Å². The number of aryl methyl sites for hydroxylation is 1. The smallest absolute Gasteiger partial charge is 0.434 e. The molecular weight excluding hydrogens is 537 g/mol. The summed E-state index contributed by atoms with van der Waals surface area (Å²) in [6, 6.07) is 7.28. The quantitative estimate of drug-likeness (QED) is 0.299. The number of methoxy groups -OCH3 is 1. The van der Waals surface area contributed by atoms with Crippen LogP contribution in [0.15, 0.2) is 49.3 Å². The van der Waals surface area contributed by atoms with Crippen molar-refractivity contribution in [3.63, 3.8) is 0 Å². The number of aromatic nitrogens is 9. The van der Waals surface area contributed by atoms with Gasteiger partial charge in [0.2, 0.25) is 5.88 Å². The molecule has 1 fully saturated rings. The molecule has 4 aromatic heterocycles. The molecular formula is C27H23F3N10O. The van der Waals surface area contributed by atoms with Gasteiger partial charge in [0.25, 0.3) is 0 Å². The number of nitrogens with zero attached hydrogens (tertiary/aromatic N) is 10. The highest BCUT2D eigenvalue weighted by atomic mass is 19.4. The number of halogens is 3. The molecule has 0 spiro atoms. The highest BCUT2D eigenvalue weighted by Gasteiger charge is 2.35. The monoisotopic (exact) mass is 560 g/mol. The lowest BCUT2D eigenvalue weighted by Crippen LogP contribution is -2.30. The average Bonchev–Trinajstić information content (AvgIpc) is 3.57. The fraction of sp³-hybridized carbons (Fsp3) is 0.296. The Balaban J connectivity index is 1.24. The van der Waals surface area contributed by atoms with Gasteiger partial charge in [-0.3, -0.25) is 4.57 Å². The fourth-order valence-corrected chi connectivity index (χ4v) is 5.10. The number of alkyl halides is 3. The zero-order valence-electron chi connectivity index (χ0n) is 22.0. The summed E-state index contributed by atoms with van der Waals surface area (Å²) in [6.07, 6.45) is 3.44. The molecule has 0 radical (unpaired) electrons. The van der Waals surface area contributed by atoms with Crippen molar-refractivity contribution < 1.29 is 17.9 Å². The van der Waals surface area contributed by atoms with Crippen LogP contribution in [0, 0.1) is 0 Å². The lowest BCUT2D eigenvalue weighted by molar-refractivity contribution is -0.140. The topological polar surface area (TPSA) is 113 Å². The number of ether oxygens (including phenoxy) is 1. The van der Waals surface area contributed by atoms with Crippen LogP contribution in [0.2, 0.25) is 0 Å². The Kier molecular flexibility index (Phi) is 5.73. The van der Waals surface area contributed by atoms with Crippen molar-refractivity contribution >= 4 is 5.82 Å². The van der Waals surface area contributed by atoms with Gasteiger partial charge in [-0.25, -0.2) is 24.9 Å². The Labute approximate surface area is 231 Å². The van der Waals surface area contributed by atoms with E-state index in [1.54, 1.807) is 38.8 Å². The Hall–Kier alpha value is -4.88. The SMILES string of the molecule is COc1ncnc(C2CC2)c1-c1ncc2c(n1)N(Cc1ccc(-c3nc(C(F)(F)F)cn3C)cc1)Cc1nncn1-2. The standard InChI is InChI=1S/C27H23F3N10O/c1-38-11-19(27(28,29)30)35-24(38)17-5-3-15(4-6-17)10-39-12-20-37-34-14-40(20)18-9-31-23(36-25(18)39)21-22(16-7-8-16)32-13-33-26(21)41-2/h3-6,9,11,13-14,16H,7-8,10,12H2,1-2H3. The molecule has 1 aliphatic heterocycles. The summed E-state index contributed by atoms with van der Waals surface area (Å²) in [6.45, 7) is 0.903. The number of rotatable bonds is 6. The van der Waals surface area contributed by atoms with Gasteiger partial charge in [-0.15, -0.1) is 10.2 Å². The Morgan fingerprint density at radius 2 is 1.85 bits per heavy atom. The van der Waals surface area contributed by atoms with Crippen LogP contribution in [-0.4, -0.2) is 51.4 Å². The molecule has 208 valence electrons. The molecule has 41 heavy (non-hydrogen) atoms. The first-order valence-corrected chi connectivity index (χ1v) is 12.9. The third kappa shape index (κ3) is 4.44. The van der Waals surface area contributed by atoms with Crippen molar-refractivity contribution in [1.82, 2.24) is 44.3 Å². The minimum Gasteiger partial charge on any atom is -0.480 e. The van der Waals surface area contributed by atoms with Gasteiger partial charge in [0.1, 0.15) is 29.7 Å². The van der Waals surface area contributed by atoms with Crippen LogP contribution >= 0.6 is 0 Å². The predicted octanol–water partition coefficient (Wildman–Crippen LogP) is 4.34. The molecule has 1 aliphatic carbocycles. The number of fused-ring (bicyclic) bond motifs is 3. The van der Waals surface area contributed by atoms with Gasteiger partial charge in [0.15, 0.2) is 23.2 Å². The third-order valence-electron chi connectivity index (χ3n) is 7.23.